The SMILES string of the molecule is C(=C\C12CC3(c4ccccc4)CC(c4ccccc4)(C1)CC(C14CC5(/C=C/c6ccccc6)CC(c6ccccc6)(CC(c6ccccc6)(C5)C1)C4)(C2)C3)/c1ccccc1. The van der Waals surface area contributed by atoms with Crippen molar-refractivity contribution in [3.05, 3.63) is 228 Å². The first kappa shape index (κ1) is 36.6. The summed E-state index contributed by atoms with van der Waals surface area (Å²) < 4.78 is 0. The maximum atomic E-state index is 2.77. The fraction of sp³-hybridized carbons (Fsp3) is 0.333. The highest BCUT2D eigenvalue weighted by Gasteiger charge is 2.78. The zero-order chi connectivity index (χ0) is 40.0. The van der Waals surface area contributed by atoms with E-state index in [4.69, 9.17) is 0 Å². The molecule has 0 heterocycles. The number of hydrogen-bond donors (Lipinski definition) is 0. The van der Waals surface area contributed by atoms with Crippen molar-refractivity contribution in [1.29, 1.82) is 0 Å². The van der Waals surface area contributed by atoms with Crippen LogP contribution in [0.3, 0.4) is 0 Å². The summed E-state index contributed by atoms with van der Waals surface area (Å²) in [6.07, 6.45) is 25.9. The van der Waals surface area contributed by atoms with Crippen molar-refractivity contribution < 1.29 is 0 Å². The van der Waals surface area contributed by atoms with Crippen molar-refractivity contribution in [2.75, 3.05) is 0 Å². The summed E-state index contributed by atoms with van der Waals surface area (Å²) in [7, 11) is 0. The van der Waals surface area contributed by atoms with Gasteiger partial charge in [-0.15, -0.1) is 0 Å². The molecule has 4 atom stereocenters. The van der Waals surface area contributed by atoms with Gasteiger partial charge in [0.1, 0.15) is 0 Å². The zero-order valence-corrected chi connectivity index (χ0v) is 35.1. The van der Waals surface area contributed by atoms with E-state index in [1.54, 1.807) is 22.3 Å². The molecule has 8 aliphatic rings. The Morgan fingerprint density at radius 3 is 0.767 bits per heavy atom. The molecule has 8 saturated carbocycles. The predicted octanol–water partition coefficient (Wildman–Crippen LogP) is 14.9. The Balaban J connectivity index is 1.13. The minimum absolute atomic E-state index is 0.0897. The van der Waals surface area contributed by atoms with Gasteiger partial charge in [0.05, 0.1) is 0 Å². The maximum Gasteiger partial charge on any atom is -0.00248 e. The summed E-state index contributed by atoms with van der Waals surface area (Å²) in [6.45, 7) is 0. The van der Waals surface area contributed by atoms with E-state index in [0.29, 0.717) is 0 Å². The number of rotatable bonds is 9. The monoisotopic (exact) mass is 778 g/mol. The van der Waals surface area contributed by atoms with Crippen LogP contribution in [0, 0.1) is 21.7 Å². The summed E-state index contributed by atoms with van der Waals surface area (Å²) in [4.78, 5) is 0. The van der Waals surface area contributed by atoms with Crippen LogP contribution in [-0.4, -0.2) is 0 Å². The molecule has 0 heteroatoms. The molecule has 8 aliphatic carbocycles. The second kappa shape index (κ2) is 13.1. The van der Waals surface area contributed by atoms with Crippen LogP contribution in [0.2, 0.25) is 0 Å². The quantitative estimate of drug-likeness (QED) is 0.137. The third-order valence-corrected chi connectivity index (χ3v) is 17.7. The van der Waals surface area contributed by atoms with E-state index in [2.05, 4.69) is 206 Å². The van der Waals surface area contributed by atoms with Crippen LogP contribution in [0.25, 0.3) is 12.2 Å². The van der Waals surface area contributed by atoms with Crippen molar-refractivity contribution in [2.45, 2.75) is 98.7 Å². The average molecular weight is 779 g/mol. The Kier molecular flexibility index (Phi) is 8.03. The van der Waals surface area contributed by atoms with E-state index in [1.165, 1.54) is 88.2 Å². The van der Waals surface area contributed by atoms with Crippen LogP contribution in [-0.2, 0) is 21.7 Å². The second-order valence-electron chi connectivity index (χ2n) is 21.5. The van der Waals surface area contributed by atoms with E-state index in [-0.39, 0.29) is 43.3 Å². The highest BCUT2D eigenvalue weighted by Crippen LogP contribution is 2.86. The van der Waals surface area contributed by atoms with Crippen molar-refractivity contribution in [3.8, 4) is 0 Å². The Bertz CT molecular complexity index is 2260. The lowest BCUT2D eigenvalue weighted by atomic mass is 9.23. The first-order valence-electron chi connectivity index (χ1n) is 23.0. The standard InChI is InChI=1S/C60H58/c1-7-19-47(20-8-1)31-33-53-35-55(49-23-11-3-12-24-49)41-56(36-53,50-25-13-4-14-26-50)44-59(39-53,43-55)60-40-54(34-32-48-21-9-2-10-22-48)37-57(45-60,51-27-15-5-16-28-51)42-58(38-54,46-60)52-29-17-6-18-30-52/h1-34H,35-46H2/b33-31+,34-32+. The lowest BCUT2D eigenvalue weighted by Crippen LogP contribution is -2.73. The average Bonchev–Trinajstić information content (AvgIpc) is 3.29. The van der Waals surface area contributed by atoms with Gasteiger partial charge in [0.2, 0.25) is 0 Å². The third kappa shape index (κ3) is 5.55. The smallest absolute Gasteiger partial charge is 0.00248 e. The van der Waals surface area contributed by atoms with Crippen LogP contribution in [0.5, 0.6) is 0 Å². The number of hydrogen-bond acceptors (Lipinski definition) is 0. The minimum Gasteiger partial charge on any atom is -0.0776 e. The molecule has 0 amide bonds. The number of benzene rings is 6. The molecule has 8 bridgehead atoms. The molecule has 0 spiro atoms. The highest BCUT2D eigenvalue weighted by atomic mass is 14.8. The van der Waals surface area contributed by atoms with Crippen LogP contribution in [0.4, 0.5) is 0 Å². The van der Waals surface area contributed by atoms with Crippen molar-refractivity contribution in [2.24, 2.45) is 21.7 Å². The molecule has 0 aliphatic heterocycles. The minimum atomic E-state index is 0.0897. The maximum absolute atomic E-state index is 2.77. The first-order valence-corrected chi connectivity index (χ1v) is 23.0. The van der Waals surface area contributed by atoms with E-state index < -0.39 is 0 Å². The zero-order valence-electron chi connectivity index (χ0n) is 35.1. The van der Waals surface area contributed by atoms with E-state index in [1.807, 2.05) is 0 Å². The third-order valence-electron chi connectivity index (χ3n) is 17.7. The Hall–Kier alpha value is -5.20. The summed E-state index contributed by atoms with van der Waals surface area (Å²) in [5.41, 5.74) is 9.90. The van der Waals surface area contributed by atoms with Gasteiger partial charge in [-0.05, 0) is 154 Å². The summed E-state index contributed by atoms with van der Waals surface area (Å²) in [5.74, 6) is 0. The molecule has 0 radical (unpaired) electrons. The van der Waals surface area contributed by atoms with Crippen LogP contribution < -0.4 is 0 Å². The normalized spacial score (nSPS) is 37.3. The van der Waals surface area contributed by atoms with Gasteiger partial charge >= 0.3 is 0 Å². The molecule has 6 aromatic carbocycles. The van der Waals surface area contributed by atoms with Crippen LogP contribution in [0.15, 0.2) is 194 Å². The van der Waals surface area contributed by atoms with Crippen molar-refractivity contribution >= 4 is 12.2 Å². The molecule has 8 fully saturated rings. The lowest BCUT2D eigenvalue weighted by molar-refractivity contribution is -0.247. The molecule has 14 rings (SSSR count). The van der Waals surface area contributed by atoms with Crippen molar-refractivity contribution in [1.82, 2.24) is 0 Å². The molecule has 60 heavy (non-hydrogen) atoms. The molecule has 0 N–H and O–H groups in total. The lowest BCUT2D eigenvalue weighted by Gasteiger charge is -2.80. The topological polar surface area (TPSA) is 0 Å². The molecule has 0 aromatic heterocycles. The van der Waals surface area contributed by atoms with Gasteiger partial charge in [0, 0.05) is 0 Å². The summed E-state index contributed by atoms with van der Waals surface area (Å²) >= 11 is 0. The Labute approximate surface area is 358 Å². The summed E-state index contributed by atoms with van der Waals surface area (Å²) in [5, 5.41) is 0. The molecular formula is C60H58. The fourth-order valence-electron chi connectivity index (χ4n) is 17.0. The molecule has 0 saturated heterocycles. The molecule has 298 valence electrons. The highest BCUT2D eigenvalue weighted by molar-refractivity contribution is 5.55. The second-order valence-corrected chi connectivity index (χ2v) is 21.5. The molecular weight excluding hydrogens is 721 g/mol. The Morgan fingerprint density at radius 2 is 0.500 bits per heavy atom. The largest absolute Gasteiger partial charge is 0.0776 e. The van der Waals surface area contributed by atoms with E-state index in [9.17, 15) is 0 Å². The van der Waals surface area contributed by atoms with Gasteiger partial charge in [-0.1, -0.05) is 206 Å². The first-order chi connectivity index (χ1) is 29.3. The number of allylic oxidation sites excluding steroid dienone is 2. The van der Waals surface area contributed by atoms with Gasteiger partial charge < -0.3 is 0 Å². The van der Waals surface area contributed by atoms with E-state index >= 15 is 0 Å². The van der Waals surface area contributed by atoms with Gasteiger partial charge in [-0.25, -0.2) is 0 Å². The summed E-state index contributed by atoms with van der Waals surface area (Å²) in [6, 6.07) is 70.2. The van der Waals surface area contributed by atoms with Gasteiger partial charge in [-0.3, -0.25) is 0 Å². The molecule has 6 aromatic rings. The fourth-order valence-corrected chi connectivity index (χ4v) is 17.0. The van der Waals surface area contributed by atoms with Crippen molar-refractivity contribution in [3.63, 3.8) is 0 Å². The molecule has 0 nitrogen and oxygen atoms in total. The van der Waals surface area contributed by atoms with E-state index in [0.717, 1.165) is 0 Å². The van der Waals surface area contributed by atoms with Gasteiger partial charge in [0.25, 0.3) is 0 Å². The van der Waals surface area contributed by atoms with Crippen LogP contribution >= 0.6 is 0 Å². The Morgan fingerprint density at radius 1 is 0.250 bits per heavy atom. The van der Waals surface area contributed by atoms with Crippen LogP contribution in [0.1, 0.15) is 110 Å². The predicted molar refractivity (Wildman–Crippen MR) is 249 cm³/mol. The molecule has 4 unspecified atom stereocenters. The van der Waals surface area contributed by atoms with Gasteiger partial charge in [0.15, 0.2) is 0 Å². The van der Waals surface area contributed by atoms with Gasteiger partial charge in [-0.2, -0.15) is 0 Å².